The number of hydrogen-bond acceptors (Lipinski definition) is 2. The van der Waals surface area contributed by atoms with Crippen LogP contribution in [0.25, 0.3) is 0 Å². The molecule has 1 aromatic rings. The van der Waals surface area contributed by atoms with Crippen LogP contribution >= 0.6 is 0 Å². The summed E-state index contributed by atoms with van der Waals surface area (Å²) in [5.41, 5.74) is 4.67. The molecule has 0 heterocycles. The van der Waals surface area contributed by atoms with Gasteiger partial charge >= 0.3 is 0 Å². The largest absolute Gasteiger partial charge is 0.497 e. The van der Waals surface area contributed by atoms with Gasteiger partial charge in [0.15, 0.2) is 0 Å². The van der Waals surface area contributed by atoms with E-state index in [0.717, 1.165) is 18.6 Å². The minimum Gasteiger partial charge on any atom is -0.497 e. The SMILES string of the molecule is COc1ccc([C@]23CC(=O)[C@H](CC4=C2C(C)(C)CCC4)C3)cc1. The third-order valence-electron chi connectivity index (χ3n) is 6.45. The van der Waals surface area contributed by atoms with E-state index in [4.69, 9.17) is 4.74 Å². The predicted molar refractivity (Wildman–Crippen MR) is 91.7 cm³/mol. The first-order chi connectivity index (χ1) is 11.0. The van der Waals surface area contributed by atoms with E-state index in [1.165, 1.54) is 24.8 Å². The van der Waals surface area contributed by atoms with Crippen LogP contribution in [0.3, 0.4) is 0 Å². The Morgan fingerprint density at radius 1 is 1.17 bits per heavy atom. The van der Waals surface area contributed by atoms with Crippen molar-refractivity contribution in [3.63, 3.8) is 0 Å². The first-order valence-electron chi connectivity index (χ1n) is 8.86. The molecule has 0 spiro atoms. The number of methoxy groups -OCH3 is 1. The summed E-state index contributed by atoms with van der Waals surface area (Å²) in [6, 6.07) is 8.48. The maximum atomic E-state index is 12.7. The zero-order valence-corrected chi connectivity index (χ0v) is 14.4. The van der Waals surface area contributed by atoms with Crippen LogP contribution in [0.1, 0.15) is 57.9 Å². The summed E-state index contributed by atoms with van der Waals surface area (Å²) >= 11 is 0. The Labute approximate surface area is 138 Å². The lowest BCUT2D eigenvalue weighted by Gasteiger charge is -2.48. The summed E-state index contributed by atoms with van der Waals surface area (Å²) in [6.07, 6.45) is 6.44. The van der Waals surface area contributed by atoms with Gasteiger partial charge in [-0.25, -0.2) is 0 Å². The molecule has 0 saturated heterocycles. The molecular formula is C21H26O2. The molecule has 122 valence electrons. The van der Waals surface area contributed by atoms with Crippen molar-refractivity contribution in [1.29, 1.82) is 0 Å². The molecule has 4 rings (SSSR count). The van der Waals surface area contributed by atoms with Gasteiger partial charge in [0.25, 0.3) is 0 Å². The molecule has 3 aliphatic carbocycles. The number of rotatable bonds is 2. The van der Waals surface area contributed by atoms with E-state index in [1.54, 1.807) is 18.3 Å². The third-order valence-corrected chi connectivity index (χ3v) is 6.45. The molecule has 0 unspecified atom stereocenters. The summed E-state index contributed by atoms with van der Waals surface area (Å²) in [5, 5.41) is 0. The summed E-state index contributed by atoms with van der Waals surface area (Å²) in [4.78, 5) is 12.7. The first kappa shape index (κ1) is 15.0. The summed E-state index contributed by atoms with van der Waals surface area (Å²) < 4.78 is 5.32. The van der Waals surface area contributed by atoms with Crippen LogP contribution in [-0.4, -0.2) is 12.9 Å². The molecule has 23 heavy (non-hydrogen) atoms. The fourth-order valence-corrected chi connectivity index (χ4v) is 5.66. The topological polar surface area (TPSA) is 26.3 Å². The van der Waals surface area contributed by atoms with E-state index >= 15 is 0 Å². The fourth-order valence-electron chi connectivity index (χ4n) is 5.66. The Kier molecular flexibility index (Phi) is 3.23. The van der Waals surface area contributed by atoms with Gasteiger partial charge in [-0.2, -0.15) is 0 Å². The predicted octanol–water partition coefficient (Wildman–Crippen LogP) is 4.82. The van der Waals surface area contributed by atoms with Crippen LogP contribution < -0.4 is 4.74 Å². The highest BCUT2D eigenvalue weighted by Crippen LogP contribution is 2.61. The van der Waals surface area contributed by atoms with Gasteiger partial charge in [0.2, 0.25) is 0 Å². The Morgan fingerprint density at radius 2 is 1.91 bits per heavy atom. The van der Waals surface area contributed by atoms with Crippen LogP contribution in [0.15, 0.2) is 35.4 Å². The Balaban J connectivity index is 1.90. The molecule has 1 fully saturated rings. The van der Waals surface area contributed by atoms with E-state index in [1.807, 2.05) is 12.1 Å². The summed E-state index contributed by atoms with van der Waals surface area (Å²) in [7, 11) is 1.70. The molecule has 0 radical (unpaired) electrons. The van der Waals surface area contributed by atoms with E-state index in [-0.39, 0.29) is 16.7 Å². The number of ketones is 1. The minimum absolute atomic E-state index is 0.0501. The van der Waals surface area contributed by atoms with Crippen LogP contribution in [-0.2, 0) is 10.2 Å². The van der Waals surface area contributed by atoms with Crippen molar-refractivity contribution in [3.05, 3.63) is 41.0 Å². The fraction of sp³-hybridized carbons (Fsp3) is 0.571. The molecule has 1 aromatic carbocycles. The Bertz CT molecular complexity index is 680. The molecule has 1 saturated carbocycles. The van der Waals surface area contributed by atoms with E-state index in [0.29, 0.717) is 12.2 Å². The molecule has 0 aromatic heterocycles. The molecule has 2 atom stereocenters. The zero-order chi connectivity index (χ0) is 16.2. The lowest BCUT2D eigenvalue weighted by atomic mass is 9.56. The number of carbonyl (C=O) groups excluding carboxylic acids is 1. The average Bonchev–Trinajstić information content (AvgIpc) is 2.78. The molecule has 2 nitrogen and oxygen atoms in total. The first-order valence-corrected chi connectivity index (χ1v) is 8.86. The van der Waals surface area contributed by atoms with Crippen molar-refractivity contribution in [2.75, 3.05) is 7.11 Å². The van der Waals surface area contributed by atoms with Crippen LogP contribution in [0, 0.1) is 11.3 Å². The van der Waals surface area contributed by atoms with Crippen LogP contribution in [0.5, 0.6) is 5.75 Å². The van der Waals surface area contributed by atoms with E-state index < -0.39 is 0 Å². The molecule has 2 bridgehead atoms. The molecular weight excluding hydrogens is 284 g/mol. The number of hydrogen-bond donors (Lipinski definition) is 0. The summed E-state index contributed by atoms with van der Waals surface area (Å²) in [5.74, 6) is 1.62. The molecule has 2 heteroatoms. The summed E-state index contributed by atoms with van der Waals surface area (Å²) in [6.45, 7) is 4.77. The lowest BCUT2D eigenvalue weighted by Crippen LogP contribution is -2.39. The monoisotopic (exact) mass is 310 g/mol. The normalized spacial score (nSPS) is 32.0. The second kappa shape index (κ2) is 4.96. The number of ether oxygens (including phenoxy) is 1. The van der Waals surface area contributed by atoms with Crippen LogP contribution in [0.2, 0.25) is 0 Å². The zero-order valence-electron chi connectivity index (χ0n) is 14.4. The van der Waals surface area contributed by atoms with Crippen molar-refractivity contribution >= 4 is 5.78 Å². The van der Waals surface area contributed by atoms with Gasteiger partial charge in [-0.3, -0.25) is 4.79 Å². The average molecular weight is 310 g/mol. The van der Waals surface area contributed by atoms with Gasteiger partial charge in [0, 0.05) is 17.8 Å². The highest BCUT2D eigenvalue weighted by Gasteiger charge is 2.55. The highest BCUT2D eigenvalue weighted by molar-refractivity contribution is 5.88. The Morgan fingerprint density at radius 3 is 2.61 bits per heavy atom. The smallest absolute Gasteiger partial charge is 0.137 e. The molecule has 0 aliphatic heterocycles. The van der Waals surface area contributed by atoms with Crippen molar-refractivity contribution < 1.29 is 9.53 Å². The van der Waals surface area contributed by atoms with Crippen molar-refractivity contribution in [2.45, 2.75) is 57.8 Å². The minimum atomic E-state index is -0.0501. The maximum Gasteiger partial charge on any atom is 0.137 e. The third kappa shape index (κ3) is 2.10. The van der Waals surface area contributed by atoms with E-state index in [2.05, 4.69) is 26.0 Å². The second-order valence-electron chi connectivity index (χ2n) is 8.27. The highest BCUT2D eigenvalue weighted by atomic mass is 16.5. The Hall–Kier alpha value is -1.57. The van der Waals surface area contributed by atoms with Gasteiger partial charge in [-0.15, -0.1) is 0 Å². The standard InChI is InChI=1S/C21H26O2/c1-20(2)10-4-5-14-11-15-12-21(19(14)20,13-18(15)22)16-6-8-17(23-3)9-7-16/h6-9,15H,4-5,10-13H2,1-3H3/t15-,21+/m1/s1. The maximum absolute atomic E-state index is 12.7. The quantitative estimate of drug-likeness (QED) is 0.732. The van der Waals surface area contributed by atoms with Crippen molar-refractivity contribution in [3.8, 4) is 5.75 Å². The van der Waals surface area contributed by atoms with Gasteiger partial charge in [-0.1, -0.05) is 37.1 Å². The molecule has 3 aliphatic rings. The van der Waals surface area contributed by atoms with Gasteiger partial charge in [-0.05, 0) is 55.2 Å². The number of allylic oxidation sites excluding steroid dienone is 2. The van der Waals surface area contributed by atoms with Crippen molar-refractivity contribution in [2.24, 2.45) is 11.3 Å². The number of fused-ring (bicyclic) bond motifs is 3. The van der Waals surface area contributed by atoms with Gasteiger partial charge in [0.05, 0.1) is 7.11 Å². The number of Topliss-reactive ketones (excluding diaryl/α,β-unsaturated/α-hetero) is 1. The van der Waals surface area contributed by atoms with Crippen LogP contribution in [0.4, 0.5) is 0 Å². The van der Waals surface area contributed by atoms with Gasteiger partial charge in [0.1, 0.15) is 11.5 Å². The molecule has 0 N–H and O–H groups in total. The van der Waals surface area contributed by atoms with Gasteiger partial charge < -0.3 is 4.74 Å². The lowest BCUT2D eigenvalue weighted by molar-refractivity contribution is -0.120. The second-order valence-corrected chi connectivity index (χ2v) is 8.27. The molecule has 0 amide bonds. The van der Waals surface area contributed by atoms with E-state index in [9.17, 15) is 4.79 Å². The number of carbonyl (C=O) groups is 1. The van der Waals surface area contributed by atoms with Crippen molar-refractivity contribution in [1.82, 2.24) is 0 Å². The number of benzene rings is 1.